The maximum Gasteiger partial charge on any atom is 0.335 e. The highest BCUT2D eigenvalue weighted by atomic mass is 31.2. The number of aliphatic hydroxyl groups excluding tert-OH is 2. The van der Waals surface area contributed by atoms with Crippen LogP contribution in [-0.4, -0.2) is 36.8 Å². The highest BCUT2D eigenvalue weighted by molar-refractivity contribution is 7.73. The average Bonchev–Trinajstić information content (AvgIpc) is 0.819. The minimum atomic E-state index is -3.68. The molecule has 0 spiro atoms. The third-order valence-electron chi connectivity index (χ3n) is 17.2. The van der Waals surface area contributed by atoms with E-state index in [0.717, 1.165) is 74.3 Å². The number of hydrogen-bond acceptors (Lipinski definition) is 14. The number of methoxy groups -OCH3 is 1. The van der Waals surface area contributed by atoms with E-state index < -0.39 is 14.7 Å². The first-order valence-corrected chi connectivity index (χ1v) is 38.1. The van der Waals surface area contributed by atoms with Gasteiger partial charge in [-0.25, -0.2) is 4.85 Å². The van der Waals surface area contributed by atoms with Gasteiger partial charge in [-0.15, -0.1) is 0 Å². The maximum absolute atomic E-state index is 12.8. The molecule has 0 aliphatic rings. The average molecular weight is 1460 g/mol. The Bertz CT molecular complexity index is 5120. The van der Waals surface area contributed by atoms with Crippen molar-refractivity contribution in [3.8, 4) is 47.5 Å². The Hall–Kier alpha value is -13.2. The van der Waals surface area contributed by atoms with Crippen molar-refractivity contribution in [2.24, 2.45) is 0 Å². The predicted octanol–water partition coefficient (Wildman–Crippen LogP) is 23.6. The SMILES string of the molecule is CCOP(=O)(Cc1cc(C#N)c(CP(=O)(C#CO)C#CO)cc1C#N)OCC.COc1ccc(N(c2ccc(C)cc2)c2ccc(C=O)cc2)cc1.[C-]#[N+]c1cc(C=Cc2ccc(N(c3ccc(C)cc3)c3ccc(C)cc3)cc2)c(C#N)cc1C=Cc1ccc(N(c2ccc(C)cc2)c2ccc(C)cc2)cc1. The minimum absolute atomic E-state index is 0.0632. The molecule has 0 radical (unpaired) electrons. The van der Waals surface area contributed by atoms with Gasteiger partial charge in [-0.1, -0.05) is 137 Å². The molecule has 0 aromatic heterocycles. The highest BCUT2D eigenvalue weighted by Gasteiger charge is 2.28. The molecule has 15 nitrogen and oxygen atoms in total. The zero-order valence-corrected chi connectivity index (χ0v) is 63.0. The lowest BCUT2D eigenvalue weighted by Crippen LogP contribution is -2.09. The first-order chi connectivity index (χ1) is 52.3. The molecule has 2 N–H and O–H groups in total. The Labute approximate surface area is 633 Å². The number of aryl methyl sites for hydroxylation is 5. The van der Waals surface area contributed by atoms with Crippen LogP contribution >= 0.6 is 14.7 Å². The molecule has 0 heterocycles. The summed E-state index contributed by atoms with van der Waals surface area (Å²) in [7, 11) is -5.53. The molecule has 17 heteroatoms. The second kappa shape index (κ2) is 38.0. The van der Waals surface area contributed by atoms with Crippen LogP contribution in [0, 0.1) is 98.7 Å². The molecule has 0 saturated carbocycles. The molecule has 0 aliphatic carbocycles. The summed E-state index contributed by atoms with van der Waals surface area (Å²) >= 11 is 0. The fourth-order valence-electron chi connectivity index (χ4n) is 11.6. The van der Waals surface area contributed by atoms with E-state index in [0.29, 0.717) is 27.9 Å². The molecule has 0 fully saturated rings. The second-order valence-electron chi connectivity index (χ2n) is 25.0. The standard InChI is InChI=1S/C52H42N4.C21H19NO2.C18H18N2O6P2/c1-37-6-22-46(23-7-37)55(47-24-8-38(2)9-25-47)50-30-16-41(17-31-50)14-20-43-35-52(54-5)44(34-45(43)36-53)21-15-42-18-32-51(33-19-42)56(48-26-10-39(3)11-27-48)49-28-12-40(4)13-29-49;1-16-3-7-18(8-4-16)22(19-9-5-17(15-23)6-10-19)20-11-13-21(24-2)14-12-20;1-3-25-28(24,26-4-2)14-18-10-15(11-19)17(9-16(18)12-20)13-27(23,7-5-21)8-6-22/h6-35H,1-4H3;3-15H,1-2H3;9-10,21-22H,3-4,13-14H2,1-2H3. The van der Waals surface area contributed by atoms with Gasteiger partial charge in [0.05, 0.1) is 68.0 Å². The number of benzene rings is 11. The Morgan fingerprint density at radius 3 is 1.02 bits per heavy atom. The summed E-state index contributed by atoms with van der Waals surface area (Å²) in [5.41, 5.74) is 25.3. The Balaban J connectivity index is 0.000000215. The second-order valence-corrected chi connectivity index (χ2v) is 29.3. The lowest BCUT2D eigenvalue weighted by molar-refractivity contribution is 0.112. The minimum Gasteiger partial charge on any atom is -0.497 e. The molecule has 0 aliphatic heterocycles. The van der Waals surface area contributed by atoms with Crippen LogP contribution in [0.4, 0.5) is 56.9 Å². The lowest BCUT2D eigenvalue weighted by Gasteiger charge is -2.26. The number of aldehydes is 1. The summed E-state index contributed by atoms with van der Waals surface area (Å²) in [6, 6.07) is 87.2. The van der Waals surface area contributed by atoms with Crippen molar-refractivity contribution in [3.05, 3.63) is 338 Å². The van der Waals surface area contributed by atoms with Gasteiger partial charge in [-0.05, 0) is 240 Å². The van der Waals surface area contributed by atoms with E-state index >= 15 is 0 Å². The number of nitrogens with zero attached hydrogens (tertiary/aromatic N) is 7. The molecule has 0 saturated heterocycles. The summed E-state index contributed by atoms with van der Waals surface area (Å²) in [5, 5.41) is 46.5. The molecular formula is C91H79N7O8P2. The molecule has 11 aromatic rings. The molecule has 0 atom stereocenters. The van der Waals surface area contributed by atoms with Crippen molar-refractivity contribution >= 4 is 102 Å². The summed E-state index contributed by atoms with van der Waals surface area (Å²) in [5.74, 6) is 0.818. The summed E-state index contributed by atoms with van der Waals surface area (Å²) < 4.78 is 41.1. The smallest absolute Gasteiger partial charge is 0.335 e. The summed E-state index contributed by atoms with van der Waals surface area (Å²) in [6.07, 6.45) is 11.1. The first kappa shape index (κ1) is 79.0. The van der Waals surface area contributed by atoms with Gasteiger partial charge < -0.3 is 38.7 Å². The topological polar surface area (TPSA) is 205 Å². The number of carbonyl (C=O) groups excluding carboxylic acids is 1. The summed E-state index contributed by atoms with van der Waals surface area (Å²) in [4.78, 5) is 21.4. The zero-order valence-electron chi connectivity index (χ0n) is 61.2. The number of nitriles is 3. The van der Waals surface area contributed by atoms with Crippen molar-refractivity contribution < 1.29 is 37.9 Å². The van der Waals surface area contributed by atoms with Crippen LogP contribution in [-0.2, 0) is 30.5 Å². The largest absolute Gasteiger partial charge is 0.497 e. The predicted molar refractivity (Wildman–Crippen MR) is 435 cm³/mol. The number of carbonyl (C=O) groups is 1. The van der Waals surface area contributed by atoms with Crippen LogP contribution in [0.1, 0.15) is 102 Å². The van der Waals surface area contributed by atoms with Gasteiger partial charge in [0.2, 0.25) is 7.14 Å². The zero-order chi connectivity index (χ0) is 77.2. The third kappa shape index (κ3) is 21.1. The van der Waals surface area contributed by atoms with Gasteiger partial charge in [0, 0.05) is 74.2 Å². The molecular weight excluding hydrogens is 1380 g/mol. The monoisotopic (exact) mass is 1460 g/mol. The Morgan fingerprint density at radius 2 is 0.722 bits per heavy atom. The first-order valence-electron chi connectivity index (χ1n) is 34.5. The van der Waals surface area contributed by atoms with Crippen LogP contribution in [0.3, 0.4) is 0 Å². The van der Waals surface area contributed by atoms with Gasteiger partial charge in [0.25, 0.3) is 0 Å². The molecule has 0 unspecified atom stereocenters. The fraction of sp³-hybridized carbons (Fsp3) is 0.132. The van der Waals surface area contributed by atoms with E-state index in [1.165, 1.54) is 52.2 Å². The Morgan fingerprint density at radius 1 is 0.417 bits per heavy atom. The van der Waals surface area contributed by atoms with Gasteiger partial charge in [0.15, 0.2) is 5.69 Å². The third-order valence-corrected chi connectivity index (χ3v) is 20.9. The number of ether oxygens (including phenoxy) is 1. The van der Waals surface area contributed by atoms with Gasteiger partial charge in [-0.3, -0.25) is 13.9 Å². The lowest BCUT2D eigenvalue weighted by atomic mass is 10.0. The van der Waals surface area contributed by atoms with Crippen molar-refractivity contribution in [2.75, 3.05) is 35.0 Å². The highest BCUT2D eigenvalue weighted by Crippen LogP contribution is 2.53. The fourth-order valence-corrected chi connectivity index (χ4v) is 14.6. The molecule has 11 aromatic carbocycles. The molecule has 536 valence electrons. The van der Waals surface area contributed by atoms with Crippen LogP contribution in [0.5, 0.6) is 5.75 Å². The van der Waals surface area contributed by atoms with Crippen molar-refractivity contribution in [2.45, 2.75) is 60.8 Å². The summed E-state index contributed by atoms with van der Waals surface area (Å²) in [6.45, 7) is 22.0. The van der Waals surface area contributed by atoms with E-state index in [9.17, 15) is 29.7 Å². The van der Waals surface area contributed by atoms with E-state index in [1.54, 1.807) is 33.1 Å². The Kier molecular flexibility index (Phi) is 27.8. The number of hydrogen-bond donors (Lipinski definition) is 2. The number of aliphatic hydroxyl groups is 2. The van der Waals surface area contributed by atoms with Crippen LogP contribution in [0.15, 0.2) is 243 Å². The van der Waals surface area contributed by atoms with Crippen LogP contribution < -0.4 is 19.4 Å². The van der Waals surface area contributed by atoms with E-state index in [2.05, 4.69) is 230 Å². The molecule has 11 rings (SSSR count). The van der Waals surface area contributed by atoms with Crippen LogP contribution in [0.2, 0.25) is 0 Å². The van der Waals surface area contributed by atoms with Crippen molar-refractivity contribution in [1.82, 2.24) is 0 Å². The number of rotatable bonds is 23. The van der Waals surface area contributed by atoms with Gasteiger partial charge in [-0.2, -0.15) is 15.8 Å². The van der Waals surface area contributed by atoms with E-state index in [4.69, 9.17) is 30.6 Å². The van der Waals surface area contributed by atoms with E-state index in [-0.39, 0.29) is 47.8 Å². The quantitative estimate of drug-likeness (QED) is 0.0201. The van der Waals surface area contributed by atoms with Crippen molar-refractivity contribution in [1.29, 1.82) is 15.8 Å². The molecule has 0 bridgehead atoms. The maximum atomic E-state index is 12.8. The van der Waals surface area contributed by atoms with Crippen LogP contribution in [0.25, 0.3) is 29.1 Å². The molecule has 0 amide bonds. The number of anilines is 9. The van der Waals surface area contributed by atoms with Gasteiger partial charge in [0.1, 0.15) is 24.2 Å². The van der Waals surface area contributed by atoms with Gasteiger partial charge >= 0.3 is 7.60 Å². The van der Waals surface area contributed by atoms with Crippen molar-refractivity contribution in [3.63, 3.8) is 0 Å². The molecule has 108 heavy (non-hydrogen) atoms. The normalized spacial score (nSPS) is 10.7. The van der Waals surface area contributed by atoms with E-state index in [1.807, 2.05) is 96.3 Å².